The standard InChI is InChI=1S/C17H20N4O10S2/c18-10(17(28)29)2-4-13(22)20-11(15(25)19-6-14(23)24)7-32-33-8-1-3-12(21(30)31)9(5-8)16(26)27/h1,3,5,10-11H,2,4,6-7,18H2,(H,19,25)(H,20,22)(H,23,24)(H,26,27)(H,28,29)/t10-,11-/m0/s1. The molecule has 1 aromatic carbocycles. The number of aromatic carboxylic acids is 1. The number of hydrogen-bond acceptors (Lipinski definition) is 10. The number of carboxylic acid groups (broad SMARTS) is 3. The highest BCUT2D eigenvalue weighted by Gasteiger charge is 2.24. The van der Waals surface area contributed by atoms with Crippen molar-refractivity contribution >= 4 is 57.0 Å². The molecule has 33 heavy (non-hydrogen) atoms. The first kappa shape index (κ1) is 27.7. The van der Waals surface area contributed by atoms with E-state index in [1.807, 2.05) is 0 Å². The van der Waals surface area contributed by atoms with E-state index >= 15 is 0 Å². The summed E-state index contributed by atoms with van der Waals surface area (Å²) in [6.45, 7) is -0.697. The van der Waals surface area contributed by atoms with E-state index in [0.29, 0.717) is 4.90 Å². The quantitative estimate of drug-likeness (QED) is 0.110. The van der Waals surface area contributed by atoms with E-state index in [0.717, 1.165) is 33.7 Å². The van der Waals surface area contributed by atoms with Crippen molar-refractivity contribution in [3.63, 3.8) is 0 Å². The smallest absolute Gasteiger partial charge is 0.342 e. The molecule has 2 atom stereocenters. The van der Waals surface area contributed by atoms with Crippen LogP contribution in [0, 0.1) is 10.1 Å². The second kappa shape index (κ2) is 13.2. The summed E-state index contributed by atoms with van der Waals surface area (Å²) in [5.74, 6) is -5.68. The molecule has 180 valence electrons. The summed E-state index contributed by atoms with van der Waals surface area (Å²) in [7, 11) is 1.97. The largest absolute Gasteiger partial charge is 0.480 e. The van der Waals surface area contributed by atoms with E-state index in [-0.39, 0.29) is 18.6 Å². The number of nitrogens with two attached hydrogens (primary N) is 1. The lowest BCUT2D eigenvalue weighted by Gasteiger charge is -2.18. The average molecular weight is 504 g/mol. The summed E-state index contributed by atoms with van der Waals surface area (Å²) < 4.78 is 0. The summed E-state index contributed by atoms with van der Waals surface area (Å²) in [6.07, 6.45) is -0.481. The van der Waals surface area contributed by atoms with Gasteiger partial charge >= 0.3 is 17.9 Å². The van der Waals surface area contributed by atoms with E-state index in [9.17, 15) is 34.1 Å². The fourth-order valence-electron chi connectivity index (χ4n) is 2.21. The minimum absolute atomic E-state index is 0.0910. The highest BCUT2D eigenvalue weighted by atomic mass is 33.1. The molecule has 1 rings (SSSR count). The van der Waals surface area contributed by atoms with Gasteiger partial charge in [-0.2, -0.15) is 0 Å². The molecule has 7 N–H and O–H groups in total. The Morgan fingerprint density at radius 3 is 2.36 bits per heavy atom. The van der Waals surface area contributed by atoms with Crippen LogP contribution in [0.15, 0.2) is 23.1 Å². The van der Waals surface area contributed by atoms with Crippen molar-refractivity contribution in [1.29, 1.82) is 0 Å². The number of nitro groups is 1. The number of rotatable bonds is 14. The van der Waals surface area contributed by atoms with Crippen LogP contribution in [0.25, 0.3) is 0 Å². The Hall–Kier alpha value is -3.37. The zero-order valence-electron chi connectivity index (χ0n) is 16.8. The summed E-state index contributed by atoms with van der Waals surface area (Å²) in [5, 5.41) is 42.0. The lowest BCUT2D eigenvalue weighted by Crippen LogP contribution is -2.49. The van der Waals surface area contributed by atoms with Gasteiger partial charge in [-0.05, 0) is 18.6 Å². The van der Waals surface area contributed by atoms with Crippen molar-refractivity contribution < 1.29 is 44.2 Å². The van der Waals surface area contributed by atoms with Gasteiger partial charge in [0.2, 0.25) is 11.8 Å². The van der Waals surface area contributed by atoms with Crippen LogP contribution in [-0.4, -0.2) is 74.3 Å². The van der Waals surface area contributed by atoms with Gasteiger partial charge in [-0.1, -0.05) is 21.6 Å². The van der Waals surface area contributed by atoms with E-state index in [1.54, 1.807) is 0 Å². The molecule has 0 bridgehead atoms. The number of nitrogens with one attached hydrogen (secondary N) is 2. The Morgan fingerprint density at radius 1 is 1.15 bits per heavy atom. The summed E-state index contributed by atoms with van der Waals surface area (Å²) >= 11 is 0. The number of carbonyl (C=O) groups is 5. The normalized spacial score (nSPS) is 12.3. The van der Waals surface area contributed by atoms with Crippen LogP contribution < -0.4 is 16.4 Å². The second-order valence-electron chi connectivity index (χ2n) is 6.32. The molecule has 14 nitrogen and oxygen atoms in total. The zero-order valence-corrected chi connectivity index (χ0v) is 18.4. The maximum atomic E-state index is 12.3. The molecule has 0 heterocycles. The number of benzene rings is 1. The first-order chi connectivity index (χ1) is 15.4. The lowest BCUT2D eigenvalue weighted by molar-refractivity contribution is -0.385. The molecule has 0 aliphatic rings. The van der Waals surface area contributed by atoms with Crippen molar-refractivity contribution in [2.75, 3.05) is 12.3 Å². The minimum atomic E-state index is -1.49. The second-order valence-corrected chi connectivity index (χ2v) is 8.74. The van der Waals surface area contributed by atoms with Gasteiger partial charge in [0.05, 0.1) is 4.92 Å². The van der Waals surface area contributed by atoms with Gasteiger partial charge in [0, 0.05) is 23.1 Å². The topological polar surface area (TPSA) is 239 Å². The molecule has 0 aliphatic carbocycles. The number of nitro benzene ring substituents is 1. The van der Waals surface area contributed by atoms with Crippen LogP contribution in [0.3, 0.4) is 0 Å². The molecule has 2 amide bonds. The van der Waals surface area contributed by atoms with Gasteiger partial charge in [-0.25, -0.2) is 4.79 Å². The van der Waals surface area contributed by atoms with Crippen LogP contribution in [-0.2, 0) is 19.2 Å². The maximum Gasteiger partial charge on any atom is 0.342 e. The molecule has 0 saturated carbocycles. The van der Waals surface area contributed by atoms with E-state index in [4.69, 9.17) is 21.1 Å². The van der Waals surface area contributed by atoms with Gasteiger partial charge in [0.25, 0.3) is 5.69 Å². The molecule has 0 saturated heterocycles. The lowest BCUT2D eigenvalue weighted by atomic mass is 10.1. The van der Waals surface area contributed by atoms with E-state index in [1.165, 1.54) is 6.07 Å². The van der Waals surface area contributed by atoms with Gasteiger partial charge in [-0.3, -0.25) is 29.3 Å². The van der Waals surface area contributed by atoms with Crippen LogP contribution in [0.5, 0.6) is 0 Å². The fourth-order valence-corrected chi connectivity index (χ4v) is 4.41. The third-order valence-electron chi connectivity index (χ3n) is 3.85. The molecule has 0 fully saturated rings. The molecule has 0 aromatic heterocycles. The molecule has 0 unspecified atom stereocenters. The predicted molar refractivity (Wildman–Crippen MR) is 116 cm³/mol. The van der Waals surface area contributed by atoms with E-state index < -0.39 is 64.5 Å². The van der Waals surface area contributed by atoms with E-state index in [2.05, 4.69) is 10.6 Å². The van der Waals surface area contributed by atoms with Crippen molar-refractivity contribution in [3.05, 3.63) is 33.9 Å². The number of hydrogen-bond donors (Lipinski definition) is 6. The highest BCUT2D eigenvalue weighted by molar-refractivity contribution is 8.76. The highest BCUT2D eigenvalue weighted by Crippen LogP contribution is 2.34. The number of nitrogens with zero attached hydrogens (tertiary/aromatic N) is 1. The number of carbonyl (C=O) groups excluding carboxylic acids is 2. The van der Waals surface area contributed by atoms with Crippen LogP contribution in [0.1, 0.15) is 23.2 Å². The molecule has 0 spiro atoms. The zero-order chi connectivity index (χ0) is 25.1. The van der Waals surface area contributed by atoms with Crippen molar-refractivity contribution in [2.45, 2.75) is 29.8 Å². The Morgan fingerprint density at radius 2 is 1.82 bits per heavy atom. The summed E-state index contributed by atoms with van der Waals surface area (Å²) in [6, 6.07) is 0.950. The maximum absolute atomic E-state index is 12.3. The molecular formula is C17H20N4O10S2. The fraction of sp³-hybridized carbons (Fsp3) is 0.353. The third kappa shape index (κ3) is 9.75. The third-order valence-corrected chi connectivity index (χ3v) is 6.22. The predicted octanol–water partition coefficient (Wildman–Crippen LogP) is -0.0890. The molecule has 16 heteroatoms. The van der Waals surface area contributed by atoms with Crippen LogP contribution >= 0.6 is 21.6 Å². The number of carboxylic acids is 3. The van der Waals surface area contributed by atoms with Gasteiger partial charge in [0.15, 0.2) is 0 Å². The Bertz CT molecular complexity index is 942. The Labute approximate surface area is 193 Å². The van der Waals surface area contributed by atoms with Crippen molar-refractivity contribution in [1.82, 2.24) is 10.6 Å². The Kier molecular flexibility index (Phi) is 11.1. The monoisotopic (exact) mass is 504 g/mol. The molecule has 0 aliphatic heterocycles. The molecule has 1 aromatic rings. The number of amides is 2. The first-order valence-corrected chi connectivity index (χ1v) is 11.3. The van der Waals surface area contributed by atoms with Gasteiger partial charge in [-0.15, -0.1) is 0 Å². The minimum Gasteiger partial charge on any atom is -0.480 e. The first-order valence-electron chi connectivity index (χ1n) is 9.00. The van der Waals surface area contributed by atoms with Crippen LogP contribution in [0.4, 0.5) is 5.69 Å². The molecular weight excluding hydrogens is 484 g/mol. The average Bonchev–Trinajstić information content (AvgIpc) is 2.74. The Balaban J connectivity index is 2.82. The summed E-state index contributed by atoms with van der Waals surface area (Å²) in [4.78, 5) is 67.4. The van der Waals surface area contributed by atoms with Gasteiger partial charge < -0.3 is 31.7 Å². The SMILES string of the molecule is N[C@@H](CCC(=O)N[C@@H](CSSc1ccc([N+](=O)[O-])c(C(=O)O)c1)C(=O)NCC(=O)O)C(=O)O. The van der Waals surface area contributed by atoms with Crippen LogP contribution in [0.2, 0.25) is 0 Å². The molecule has 0 radical (unpaired) electrons. The van der Waals surface area contributed by atoms with Crippen molar-refractivity contribution in [2.24, 2.45) is 5.73 Å². The summed E-state index contributed by atoms with van der Waals surface area (Å²) in [5.41, 5.74) is 4.22. The van der Waals surface area contributed by atoms with Crippen molar-refractivity contribution in [3.8, 4) is 0 Å². The number of aliphatic carboxylic acids is 2. The van der Waals surface area contributed by atoms with Gasteiger partial charge in [0.1, 0.15) is 24.2 Å².